The fourth-order valence-corrected chi connectivity index (χ4v) is 5.03. The monoisotopic (exact) mass is 588 g/mol. The fraction of sp³-hybridized carbons (Fsp3) is 0.167. The molecular formula is C36H32N2O6. The number of fused-ring (bicyclic) bond motifs is 2. The Balaban J connectivity index is 0.000000162. The molecule has 222 valence electrons. The Morgan fingerprint density at radius 1 is 0.636 bits per heavy atom. The lowest BCUT2D eigenvalue weighted by molar-refractivity contribution is -0.0522. The van der Waals surface area contributed by atoms with Crippen molar-refractivity contribution >= 4 is 21.8 Å². The number of H-pyrrole nitrogens is 1. The minimum absolute atomic E-state index is 0.0770. The third-order valence-corrected chi connectivity index (χ3v) is 7.21. The molecule has 44 heavy (non-hydrogen) atoms. The van der Waals surface area contributed by atoms with Gasteiger partial charge in [0.2, 0.25) is 5.56 Å². The molecule has 1 aliphatic rings. The first-order valence-electron chi connectivity index (χ1n) is 14.5. The molecule has 0 bridgehead atoms. The minimum atomic E-state index is -0.378. The molecule has 0 aliphatic carbocycles. The van der Waals surface area contributed by atoms with Crippen LogP contribution in [0.15, 0.2) is 131 Å². The van der Waals surface area contributed by atoms with Crippen molar-refractivity contribution < 1.29 is 18.9 Å². The van der Waals surface area contributed by atoms with Crippen LogP contribution in [0.3, 0.4) is 0 Å². The summed E-state index contributed by atoms with van der Waals surface area (Å²) in [5.41, 5.74) is 3.64. The summed E-state index contributed by atoms with van der Waals surface area (Å²) >= 11 is 0. The summed E-state index contributed by atoms with van der Waals surface area (Å²) in [4.78, 5) is 26.4. The normalized spacial score (nSPS) is 13.0. The fourth-order valence-electron chi connectivity index (χ4n) is 5.03. The predicted octanol–water partition coefficient (Wildman–Crippen LogP) is 6.06. The van der Waals surface area contributed by atoms with E-state index in [1.165, 1.54) is 6.07 Å². The molecule has 0 spiro atoms. The van der Waals surface area contributed by atoms with Gasteiger partial charge in [-0.15, -0.1) is 0 Å². The van der Waals surface area contributed by atoms with Crippen molar-refractivity contribution in [3.8, 4) is 11.5 Å². The summed E-state index contributed by atoms with van der Waals surface area (Å²) in [6, 6.07) is 38.0. The number of hydrogen-bond donors (Lipinski definition) is 1. The number of nitrogens with zero attached hydrogens (tertiary/aromatic N) is 1. The highest BCUT2D eigenvalue weighted by molar-refractivity contribution is 5.86. The van der Waals surface area contributed by atoms with E-state index in [9.17, 15) is 9.59 Å². The van der Waals surface area contributed by atoms with Gasteiger partial charge < -0.3 is 28.5 Å². The summed E-state index contributed by atoms with van der Waals surface area (Å²) in [7, 11) is 0. The Labute approximate surface area is 254 Å². The van der Waals surface area contributed by atoms with Gasteiger partial charge >= 0.3 is 0 Å². The average Bonchev–Trinajstić information content (AvgIpc) is 3.58. The number of benzene rings is 4. The van der Waals surface area contributed by atoms with Gasteiger partial charge in [0.05, 0.1) is 30.8 Å². The Morgan fingerprint density at radius 3 is 1.89 bits per heavy atom. The molecule has 1 fully saturated rings. The third-order valence-electron chi connectivity index (χ3n) is 7.21. The Kier molecular flexibility index (Phi) is 9.11. The van der Waals surface area contributed by atoms with Crippen LogP contribution in [0.4, 0.5) is 0 Å². The maximum absolute atomic E-state index is 12.3. The summed E-state index contributed by atoms with van der Waals surface area (Å²) in [6.07, 6.45) is -0.378. The zero-order valence-electron chi connectivity index (χ0n) is 24.1. The molecule has 1 N–H and O–H groups in total. The molecule has 0 radical (unpaired) electrons. The van der Waals surface area contributed by atoms with E-state index in [2.05, 4.69) is 4.98 Å². The Bertz CT molecular complexity index is 1950. The number of aromatic nitrogens is 2. The summed E-state index contributed by atoms with van der Waals surface area (Å²) in [6.45, 7) is 2.50. The van der Waals surface area contributed by atoms with Crippen LogP contribution in [-0.4, -0.2) is 29.1 Å². The van der Waals surface area contributed by atoms with Crippen LogP contribution in [-0.2, 0) is 29.2 Å². The van der Waals surface area contributed by atoms with E-state index in [1.54, 1.807) is 16.7 Å². The van der Waals surface area contributed by atoms with Gasteiger partial charge in [-0.25, -0.2) is 0 Å². The SMILES string of the molecule is O=c1ccc2c(OCc3ccccc3)cccc2[nH]1.O=c1ccc2c(OCc3ccccc3)cccc2n1CC1OCCO1. The molecule has 1 saturated heterocycles. The first kappa shape index (κ1) is 28.9. The van der Waals surface area contributed by atoms with Crippen molar-refractivity contribution in [1.82, 2.24) is 9.55 Å². The van der Waals surface area contributed by atoms with Crippen molar-refractivity contribution in [1.29, 1.82) is 0 Å². The second-order valence-electron chi connectivity index (χ2n) is 10.2. The maximum atomic E-state index is 12.3. The Morgan fingerprint density at radius 2 is 1.23 bits per heavy atom. The highest BCUT2D eigenvalue weighted by Crippen LogP contribution is 2.26. The highest BCUT2D eigenvalue weighted by Gasteiger charge is 2.18. The van der Waals surface area contributed by atoms with E-state index in [0.29, 0.717) is 33.0 Å². The van der Waals surface area contributed by atoms with E-state index in [1.807, 2.05) is 103 Å². The molecule has 4 aromatic carbocycles. The second-order valence-corrected chi connectivity index (χ2v) is 10.2. The first-order valence-corrected chi connectivity index (χ1v) is 14.5. The maximum Gasteiger partial charge on any atom is 0.251 e. The topological polar surface area (TPSA) is 91.8 Å². The lowest BCUT2D eigenvalue weighted by Crippen LogP contribution is -2.26. The van der Waals surface area contributed by atoms with E-state index in [4.69, 9.17) is 18.9 Å². The molecule has 2 aromatic heterocycles. The molecule has 1 aliphatic heterocycles. The molecular weight excluding hydrogens is 556 g/mol. The van der Waals surface area contributed by atoms with Crippen molar-refractivity contribution in [2.24, 2.45) is 0 Å². The van der Waals surface area contributed by atoms with Crippen molar-refractivity contribution in [2.45, 2.75) is 26.0 Å². The standard InChI is InChI=1S/C20H19NO4.C16H13NO2/c22-19-10-9-16-17(21(19)13-20-23-11-12-24-20)7-4-8-18(16)25-14-15-5-2-1-3-6-15;18-16-10-9-13-14(17-16)7-4-8-15(13)19-11-12-5-2-1-3-6-12/h1-10,20H,11-14H2;1-10H,11H2,(H,17,18). The van der Waals surface area contributed by atoms with Gasteiger partial charge in [-0.1, -0.05) is 72.8 Å². The van der Waals surface area contributed by atoms with Gasteiger partial charge in [-0.3, -0.25) is 9.59 Å². The van der Waals surface area contributed by atoms with Crippen LogP contribution in [0.5, 0.6) is 11.5 Å². The largest absolute Gasteiger partial charge is 0.488 e. The van der Waals surface area contributed by atoms with Crippen LogP contribution in [0.25, 0.3) is 21.8 Å². The number of nitrogens with one attached hydrogen (secondary N) is 1. The van der Waals surface area contributed by atoms with Crippen molar-refractivity contribution in [3.63, 3.8) is 0 Å². The Hall–Kier alpha value is -5.18. The number of rotatable bonds is 8. The zero-order chi connectivity index (χ0) is 30.1. The number of pyridine rings is 2. The van der Waals surface area contributed by atoms with Crippen LogP contribution in [0.2, 0.25) is 0 Å². The molecule has 0 atom stereocenters. The van der Waals surface area contributed by atoms with Crippen molar-refractivity contribution in [2.75, 3.05) is 13.2 Å². The highest BCUT2D eigenvalue weighted by atomic mass is 16.7. The molecule has 8 nitrogen and oxygen atoms in total. The minimum Gasteiger partial charge on any atom is -0.488 e. The van der Waals surface area contributed by atoms with Gasteiger partial charge in [0.1, 0.15) is 24.7 Å². The molecule has 3 heterocycles. The third kappa shape index (κ3) is 7.06. The van der Waals surface area contributed by atoms with Gasteiger partial charge in [-0.2, -0.15) is 0 Å². The second kappa shape index (κ2) is 13.9. The summed E-state index contributed by atoms with van der Waals surface area (Å²) < 4.78 is 24.5. The zero-order valence-corrected chi connectivity index (χ0v) is 24.1. The van der Waals surface area contributed by atoms with Crippen LogP contribution >= 0.6 is 0 Å². The van der Waals surface area contributed by atoms with Gasteiger partial charge in [0.15, 0.2) is 6.29 Å². The summed E-state index contributed by atoms with van der Waals surface area (Å²) in [5.74, 6) is 1.53. The quantitative estimate of drug-likeness (QED) is 0.232. The van der Waals surface area contributed by atoms with Gasteiger partial charge in [0.25, 0.3) is 5.56 Å². The van der Waals surface area contributed by atoms with Crippen LogP contribution in [0, 0.1) is 0 Å². The molecule has 7 rings (SSSR count). The average molecular weight is 589 g/mol. The van der Waals surface area contributed by atoms with E-state index in [0.717, 1.165) is 44.4 Å². The van der Waals surface area contributed by atoms with E-state index >= 15 is 0 Å². The number of hydrogen-bond acceptors (Lipinski definition) is 6. The first-order chi connectivity index (χ1) is 21.6. The summed E-state index contributed by atoms with van der Waals surface area (Å²) in [5, 5.41) is 1.81. The molecule has 8 heteroatoms. The lowest BCUT2D eigenvalue weighted by atomic mass is 10.2. The van der Waals surface area contributed by atoms with Crippen molar-refractivity contribution in [3.05, 3.63) is 153 Å². The molecule has 0 amide bonds. The number of aromatic amines is 1. The molecule has 6 aromatic rings. The number of ether oxygens (including phenoxy) is 4. The molecule has 0 unspecified atom stereocenters. The molecule has 0 saturated carbocycles. The predicted molar refractivity (Wildman–Crippen MR) is 170 cm³/mol. The van der Waals surface area contributed by atoms with Gasteiger partial charge in [-0.05, 0) is 47.5 Å². The van der Waals surface area contributed by atoms with Crippen LogP contribution < -0.4 is 20.6 Å². The van der Waals surface area contributed by atoms with E-state index < -0.39 is 0 Å². The van der Waals surface area contributed by atoms with Gasteiger partial charge in [0, 0.05) is 22.9 Å². The van der Waals surface area contributed by atoms with Crippen LogP contribution in [0.1, 0.15) is 11.1 Å². The van der Waals surface area contributed by atoms with E-state index in [-0.39, 0.29) is 17.4 Å². The smallest absolute Gasteiger partial charge is 0.251 e. The lowest BCUT2D eigenvalue weighted by Gasteiger charge is -2.16.